The van der Waals surface area contributed by atoms with E-state index in [1.807, 2.05) is 24.3 Å². The minimum Gasteiger partial charge on any atom is -0.365 e. The lowest BCUT2D eigenvalue weighted by Gasteiger charge is -2.08. The smallest absolute Gasteiger partial charge is 0.365 e. The van der Waals surface area contributed by atoms with Gasteiger partial charge in [-0.3, -0.25) is 4.79 Å². The van der Waals surface area contributed by atoms with E-state index < -0.39 is 17.6 Å². The molecule has 0 aliphatic carbocycles. The summed E-state index contributed by atoms with van der Waals surface area (Å²) in [5.41, 5.74) is 7.83. The highest BCUT2D eigenvalue weighted by Crippen LogP contribution is 2.34. The molecule has 4 aromatic rings. The number of halogens is 3. The number of amides is 1. The fourth-order valence-electron chi connectivity index (χ4n) is 3.66. The summed E-state index contributed by atoms with van der Waals surface area (Å²) in [7, 11) is 0. The highest BCUT2D eigenvalue weighted by molar-refractivity contribution is 7.19. The van der Waals surface area contributed by atoms with Gasteiger partial charge < -0.3 is 5.73 Å². The van der Waals surface area contributed by atoms with E-state index in [9.17, 15) is 18.0 Å². The number of carbonyl (C=O) groups is 1. The SMILES string of the molecule is Cc1nn(-c2cccc3sc(Cc4cccc(C(F)(F)F)c4)cc23)c(C)c1C(N)=O. The molecule has 154 valence electrons. The van der Waals surface area contributed by atoms with Crippen molar-refractivity contribution in [2.75, 3.05) is 0 Å². The standard InChI is InChI=1S/C22H18F3N3OS/c1-12-20(21(26)29)13(2)28(27-12)18-7-4-8-19-17(18)11-16(30-19)10-14-5-3-6-15(9-14)22(23,24)25/h3-9,11H,10H2,1-2H3,(H2,26,29). The fourth-order valence-corrected chi connectivity index (χ4v) is 4.78. The predicted octanol–water partition coefficient (Wildman–Crippen LogP) is 5.41. The molecule has 0 aliphatic rings. The van der Waals surface area contributed by atoms with Crippen molar-refractivity contribution in [2.45, 2.75) is 26.4 Å². The molecule has 0 aliphatic heterocycles. The minimum atomic E-state index is -4.36. The van der Waals surface area contributed by atoms with Crippen LogP contribution in [-0.2, 0) is 12.6 Å². The van der Waals surface area contributed by atoms with Crippen LogP contribution >= 0.6 is 11.3 Å². The van der Waals surface area contributed by atoms with Crippen molar-refractivity contribution in [1.82, 2.24) is 9.78 Å². The zero-order valence-electron chi connectivity index (χ0n) is 16.2. The van der Waals surface area contributed by atoms with Crippen molar-refractivity contribution in [2.24, 2.45) is 5.73 Å². The Morgan fingerprint density at radius 3 is 2.53 bits per heavy atom. The highest BCUT2D eigenvalue weighted by atomic mass is 32.1. The number of aromatic nitrogens is 2. The summed E-state index contributed by atoms with van der Waals surface area (Å²) in [6.07, 6.45) is -3.97. The molecule has 30 heavy (non-hydrogen) atoms. The third-order valence-electron chi connectivity index (χ3n) is 4.99. The van der Waals surface area contributed by atoms with Crippen LogP contribution in [0.5, 0.6) is 0 Å². The van der Waals surface area contributed by atoms with Gasteiger partial charge in [-0.1, -0.05) is 24.3 Å². The first kappa shape index (κ1) is 20.2. The largest absolute Gasteiger partial charge is 0.416 e. The van der Waals surface area contributed by atoms with Crippen molar-refractivity contribution >= 4 is 27.3 Å². The first-order valence-electron chi connectivity index (χ1n) is 9.19. The van der Waals surface area contributed by atoms with Gasteiger partial charge >= 0.3 is 6.18 Å². The maximum Gasteiger partial charge on any atom is 0.416 e. The summed E-state index contributed by atoms with van der Waals surface area (Å²) in [6.45, 7) is 3.52. The van der Waals surface area contributed by atoms with E-state index in [4.69, 9.17) is 5.73 Å². The molecule has 0 saturated heterocycles. The highest BCUT2D eigenvalue weighted by Gasteiger charge is 2.30. The number of benzene rings is 2. The number of hydrogen-bond acceptors (Lipinski definition) is 3. The van der Waals surface area contributed by atoms with Crippen LogP contribution in [0.25, 0.3) is 15.8 Å². The molecular formula is C22H18F3N3OS. The number of thiophene rings is 1. The molecule has 2 N–H and O–H groups in total. The molecule has 0 atom stereocenters. The topological polar surface area (TPSA) is 60.9 Å². The van der Waals surface area contributed by atoms with E-state index in [0.717, 1.165) is 26.7 Å². The Morgan fingerprint density at radius 1 is 1.13 bits per heavy atom. The molecule has 1 amide bonds. The Hall–Kier alpha value is -3.13. The predicted molar refractivity (Wildman–Crippen MR) is 111 cm³/mol. The van der Waals surface area contributed by atoms with E-state index >= 15 is 0 Å². The van der Waals surface area contributed by atoms with Gasteiger partial charge in [0.2, 0.25) is 0 Å². The Balaban J connectivity index is 1.76. The number of alkyl halides is 3. The number of rotatable bonds is 4. The quantitative estimate of drug-likeness (QED) is 0.471. The van der Waals surface area contributed by atoms with E-state index in [1.165, 1.54) is 23.5 Å². The average molecular weight is 429 g/mol. The molecule has 8 heteroatoms. The number of carbonyl (C=O) groups excluding carboxylic acids is 1. The van der Waals surface area contributed by atoms with Crippen LogP contribution < -0.4 is 5.73 Å². The zero-order valence-corrected chi connectivity index (χ0v) is 17.1. The molecule has 0 spiro atoms. The Kier molecular flexibility index (Phi) is 4.89. The van der Waals surface area contributed by atoms with Gasteiger partial charge in [0.15, 0.2) is 0 Å². The monoisotopic (exact) mass is 429 g/mol. The van der Waals surface area contributed by atoms with E-state index in [1.54, 1.807) is 24.6 Å². The lowest BCUT2D eigenvalue weighted by Crippen LogP contribution is -2.13. The van der Waals surface area contributed by atoms with Gasteiger partial charge in [-0.2, -0.15) is 18.3 Å². The van der Waals surface area contributed by atoms with E-state index in [-0.39, 0.29) is 0 Å². The molecule has 0 radical (unpaired) electrons. The number of aryl methyl sites for hydroxylation is 1. The molecule has 4 nitrogen and oxygen atoms in total. The lowest BCUT2D eigenvalue weighted by atomic mass is 10.1. The van der Waals surface area contributed by atoms with Gasteiger partial charge in [-0.15, -0.1) is 11.3 Å². The van der Waals surface area contributed by atoms with Crippen molar-refractivity contribution < 1.29 is 18.0 Å². The van der Waals surface area contributed by atoms with Gasteiger partial charge in [0.1, 0.15) is 0 Å². The number of hydrogen-bond donors (Lipinski definition) is 1. The third-order valence-corrected chi connectivity index (χ3v) is 6.09. The average Bonchev–Trinajstić information content (AvgIpc) is 3.20. The van der Waals surface area contributed by atoms with Crippen LogP contribution in [0.4, 0.5) is 13.2 Å². The van der Waals surface area contributed by atoms with Gasteiger partial charge in [0.05, 0.1) is 28.2 Å². The molecule has 0 fully saturated rings. The second-order valence-electron chi connectivity index (χ2n) is 7.10. The maximum atomic E-state index is 13.0. The van der Waals surface area contributed by atoms with Crippen molar-refractivity contribution in [1.29, 1.82) is 0 Å². The van der Waals surface area contributed by atoms with Crippen molar-refractivity contribution in [3.8, 4) is 5.69 Å². The van der Waals surface area contributed by atoms with Crippen LogP contribution in [0.1, 0.15) is 37.7 Å². The van der Waals surface area contributed by atoms with Gasteiger partial charge in [-0.25, -0.2) is 4.68 Å². The second-order valence-corrected chi connectivity index (χ2v) is 8.27. The van der Waals surface area contributed by atoms with Crippen LogP contribution in [0.15, 0.2) is 48.5 Å². The third kappa shape index (κ3) is 3.59. The molecule has 0 unspecified atom stereocenters. The zero-order chi connectivity index (χ0) is 21.6. The lowest BCUT2D eigenvalue weighted by molar-refractivity contribution is -0.137. The molecule has 0 bridgehead atoms. The summed E-state index contributed by atoms with van der Waals surface area (Å²) in [6, 6.07) is 13.1. The van der Waals surface area contributed by atoms with Gasteiger partial charge in [0, 0.05) is 21.4 Å². The van der Waals surface area contributed by atoms with Crippen LogP contribution in [0.3, 0.4) is 0 Å². The molecule has 4 rings (SSSR count). The maximum absolute atomic E-state index is 13.0. The van der Waals surface area contributed by atoms with E-state index in [2.05, 4.69) is 5.10 Å². The van der Waals surface area contributed by atoms with Crippen molar-refractivity contribution in [3.63, 3.8) is 0 Å². The first-order valence-corrected chi connectivity index (χ1v) is 10.0. The minimum absolute atomic E-state index is 0.395. The van der Waals surface area contributed by atoms with Gasteiger partial charge in [0.25, 0.3) is 5.91 Å². The Bertz CT molecular complexity index is 1270. The Labute approximate surface area is 174 Å². The second kappa shape index (κ2) is 7.28. The Morgan fingerprint density at radius 2 is 1.87 bits per heavy atom. The number of nitrogens with two attached hydrogens (primary N) is 1. The number of primary amides is 1. The molecule has 2 aromatic heterocycles. The molecule has 2 aromatic carbocycles. The fraction of sp³-hybridized carbons (Fsp3) is 0.182. The summed E-state index contributed by atoms with van der Waals surface area (Å²) < 4.78 is 41.7. The summed E-state index contributed by atoms with van der Waals surface area (Å²) in [5.74, 6) is -0.529. The summed E-state index contributed by atoms with van der Waals surface area (Å²) >= 11 is 1.52. The molecule has 0 saturated carbocycles. The van der Waals surface area contributed by atoms with Gasteiger partial charge in [-0.05, 0) is 43.7 Å². The number of nitrogens with zero attached hydrogens (tertiary/aromatic N) is 2. The van der Waals surface area contributed by atoms with E-state index in [0.29, 0.717) is 28.9 Å². The summed E-state index contributed by atoms with van der Waals surface area (Å²) in [5, 5.41) is 5.40. The first-order chi connectivity index (χ1) is 14.1. The van der Waals surface area contributed by atoms with Crippen LogP contribution in [0.2, 0.25) is 0 Å². The molecular weight excluding hydrogens is 411 g/mol. The number of fused-ring (bicyclic) bond motifs is 1. The summed E-state index contributed by atoms with van der Waals surface area (Å²) in [4.78, 5) is 12.7. The van der Waals surface area contributed by atoms with Crippen LogP contribution in [-0.4, -0.2) is 15.7 Å². The normalized spacial score (nSPS) is 11.9. The van der Waals surface area contributed by atoms with Crippen molar-refractivity contribution in [3.05, 3.63) is 81.5 Å². The van der Waals surface area contributed by atoms with Crippen LogP contribution in [0, 0.1) is 13.8 Å². The molecule has 2 heterocycles.